The Morgan fingerprint density at radius 3 is 2.18 bits per heavy atom. The van der Waals surface area contributed by atoms with Gasteiger partial charge in [0, 0.05) is 18.6 Å². The van der Waals surface area contributed by atoms with Crippen LogP contribution in [0.15, 0.2) is 24.3 Å². The highest BCUT2D eigenvalue weighted by atomic mass is 16.5. The van der Waals surface area contributed by atoms with Crippen LogP contribution >= 0.6 is 0 Å². The average molecular weight is 397 g/mol. The fraction of sp³-hybridized carbons (Fsp3) is 0.667. The standard InChI is InChI=1S/C21H36N2O5/c1-21(2,3)23(20(24)25)12-5-4-6-18-7-9-19(10-8-18)28-17-16-27-15-14-26-13-11-22/h7-10H,4-6,11-17,22H2,1-3H3,(H,24,25). The fourth-order valence-corrected chi connectivity index (χ4v) is 2.69. The summed E-state index contributed by atoms with van der Waals surface area (Å²) in [5.74, 6) is 0.816. The van der Waals surface area contributed by atoms with Crippen LogP contribution < -0.4 is 10.5 Å². The first-order chi connectivity index (χ1) is 13.3. The lowest BCUT2D eigenvalue weighted by Crippen LogP contribution is -2.45. The number of rotatable bonds is 14. The zero-order valence-electron chi connectivity index (χ0n) is 17.5. The molecular formula is C21H36N2O5. The Hall–Kier alpha value is -1.83. The van der Waals surface area contributed by atoms with Crippen molar-refractivity contribution in [3.63, 3.8) is 0 Å². The Labute approximate surface area is 168 Å². The monoisotopic (exact) mass is 396 g/mol. The predicted molar refractivity (Wildman–Crippen MR) is 110 cm³/mol. The average Bonchev–Trinajstić information content (AvgIpc) is 2.63. The van der Waals surface area contributed by atoms with E-state index in [0.29, 0.717) is 46.1 Å². The highest BCUT2D eigenvalue weighted by Gasteiger charge is 2.25. The van der Waals surface area contributed by atoms with Crippen LogP contribution in [0.4, 0.5) is 4.79 Å². The Kier molecular flexibility index (Phi) is 11.6. The highest BCUT2D eigenvalue weighted by Crippen LogP contribution is 2.17. The van der Waals surface area contributed by atoms with Gasteiger partial charge in [-0.25, -0.2) is 4.79 Å². The number of aryl methyl sites for hydroxylation is 1. The number of hydrogen-bond donors (Lipinski definition) is 2. The second-order valence-electron chi connectivity index (χ2n) is 7.57. The third kappa shape index (κ3) is 10.5. The van der Waals surface area contributed by atoms with E-state index in [1.165, 1.54) is 10.5 Å². The smallest absolute Gasteiger partial charge is 0.407 e. The van der Waals surface area contributed by atoms with Crippen molar-refractivity contribution in [3.8, 4) is 5.75 Å². The number of hydrogen-bond acceptors (Lipinski definition) is 5. The summed E-state index contributed by atoms with van der Waals surface area (Å²) < 4.78 is 16.3. The van der Waals surface area contributed by atoms with Crippen LogP contribution in [-0.2, 0) is 15.9 Å². The van der Waals surface area contributed by atoms with E-state index in [-0.39, 0.29) is 5.54 Å². The molecule has 0 aliphatic rings. The fourth-order valence-electron chi connectivity index (χ4n) is 2.69. The maximum atomic E-state index is 11.3. The molecule has 7 nitrogen and oxygen atoms in total. The minimum atomic E-state index is -0.860. The first-order valence-corrected chi connectivity index (χ1v) is 9.92. The molecule has 0 aliphatic heterocycles. The maximum absolute atomic E-state index is 11.3. The summed E-state index contributed by atoms with van der Waals surface area (Å²) in [5.41, 5.74) is 6.18. The van der Waals surface area contributed by atoms with Crippen LogP contribution in [0.5, 0.6) is 5.75 Å². The summed E-state index contributed by atoms with van der Waals surface area (Å²) >= 11 is 0. The second kappa shape index (κ2) is 13.4. The summed E-state index contributed by atoms with van der Waals surface area (Å²) in [6.45, 7) is 9.48. The third-order valence-corrected chi connectivity index (χ3v) is 4.19. The lowest BCUT2D eigenvalue weighted by atomic mass is 10.0. The summed E-state index contributed by atoms with van der Waals surface area (Å²) in [7, 11) is 0. The number of carboxylic acid groups (broad SMARTS) is 1. The minimum absolute atomic E-state index is 0.369. The van der Waals surface area contributed by atoms with Crippen LogP contribution in [0.25, 0.3) is 0 Å². The van der Waals surface area contributed by atoms with Crippen molar-refractivity contribution in [1.29, 1.82) is 0 Å². The number of benzene rings is 1. The summed E-state index contributed by atoms with van der Waals surface area (Å²) in [4.78, 5) is 12.8. The van der Waals surface area contributed by atoms with Gasteiger partial charge in [0.2, 0.25) is 0 Å². The lowest BCUT2D eigenvalue weighted by Gasteiger charge is -2.33. The van der Waals surface area contributed by atoms with E-state index >= 15 is 0 Å². The Bertz CT molecular complexity index is 543. The van der Waals surface area contributed by atoms with Gasteiger partial charge >= 0.3 is 6.09 Å². The lowest BCUT2D eigenvalue weighted by molar-refractivity contribution is 0.0388. The van der Waals surface area contributed by atoms with Gasteiger partial charge in [-0.3, -0.25) is 0 Å². The summed E-state index contributed by atoms with van der Waals surface area (Å²) in [6.07, 6.45) is 1.85. The Morgan fingerprint density at radius 2 is 1.61 bits per heavy atom. The Morgan fingerprint density at radius 1 is 1.00 bits per heavy atom. The van der Waals surface area contributed by atoms with Gasteiger partial charge in [-0.1, -0.05) is 12.1 Å². The number of amides is 1. The Balaban J connectivity index is 2.18. The van der Waals surface area contributed by atoms with Crippen LogP contribution in [0, 0.1) is 0 Å². The molecule has 0 unspecified atom stereocenters. The number of ether oxygens (including phenoxy) is 3. The van der Waals surface area contributed by atoms with Crippen molar-refractivity contribution in [2.24, 2.45) is 5.73 Å². The van der Waals surface area contributed by atoms with E-state index in [9.17, 15) is 9.90 Å². The molecule has 0 radical (unpaired) electrons. The van der Waals surface area contributed by atoms with Gasteiger partial charge in [0.15, 0.2) is 0 Å². The molecule has 0 heterocycles. The van der Waals surface area contributed by atoms with E-state index in [0.717, 1.165) is 25.0 Å². The molecule has 0 saturated heterocycles. The van der Waals surface area contributed by atoms with E-state index < -0.39 is 6.09 Å². The number of nitrogens with two attached hydrogens (primary N) is 1. The molecule has 7 heteroatoms. The molecule has 0 saturated carbocycles. The van der Waals surface area contributed by atoms with Gasteiger partial charge in [-0.05, 0) is 57.7 Å². The molecular weight excluding hydrogens is 360 g/mol. The molecule has 160 valence electrons. The van der Waals surface area contributed by atoms with Crippen LogP contribution in [0.1, 0.15) is 39.2 Å². The van der Waals surface area contributed by atoms with Gasteiger partial charge in [0.1, 0.15) is 12.4 Å². The zero-order chi connectivity index (χ0) is 20.8. The van der Waals surface area contributed by atoms with Gasteiger partial charge < -0.3 is 30.0 Å². The molecule has 0 spiro atoms. The number of unbranched alkanes of at least 4 members (excludes halogenated alkanes) is 1. The van der Waals surface area contributed by atoms with Crippen molar-refractivity contribution >= 4 is 6.09 Å². The third-order valence-electron chi connectivity index (χ3n) is 4.19. The van der Waals surface area contributed by atoms with Crippen molar-refractivity contribution < 1.29 is 24.1 Å². The van der Waals surface area contributed by atoms with Crippen molar-refractivity contribution in [2.45, 2.75) is 45.6 Å². The molecule has 3 N–H and O–H groups in total. The quantitative estimate of drug-likeness (QED) is 0.469. The molecule has 0 fully saturated rings. The number of nitrogens with zero attached hydrogens (tertiary/aromatic N) is 1. The molecule has 1 amide bonds. The topological polar surface area (TPSA) is 94.3 Å². The molecule has 0 bridgehead atoms. The molecule has 1 rings (SSSR count). The van der Waals surface area contributed by atoms with Crippen LogP contribution in [0.3, 0.4) is 0 Å². The second-order valence-corrected chi connectivity index (χ2v) is 7.57. The molecule has 0 aromatic heterocycles. The highest BCUT2D eigenvalue weighted by molar-refractivity contribution is 5.65. The number of carbonyl (C=O) groups is 1. The van der Waals surface area contributed by atoms with Crippen molar-refractivity contribution in [3.05, 3.63) is 29.8 Å². The van der Waals surface area contributed by atoms with E-state index in [2.05, 4.69) is 12.1 Å². The van der Waals surface area contributed by atoms with E-state index in [4.69, 9.17) is 19.9 Å². The molecule has 1 aromatic carbocycles. The SMILES string of the molecule is CC(C)(C)N(CCCCc1ccc(OCCOCCOCCN)cc1)C(=O)O. The first-order valence-electron chi connectivity index (χ1n) is 9.92. The van der Waals surface area contributed by atoms with Gasteiger partial charge in [0.25, 0.3) is 0 Å². The van der Waals surface area contributed by atoms with Crippen LogP contribution in [-0.4, -0.2) is 67.8 Å². The predicted octanol–water partition coefficient (Wildman–Crippen LogP) is 3.16. The normalized spacial score (nSPS) is 11.4. The van der Waals surface area contributed by atoms with Gasteiger partial charge in [-0.2, -0.15) is 0 Å². The largest absolute Gasteiger partial charge is 0.491 e. The summed E-state index contributed by atoms with van der Waals surface area (Å²) in [6, 6.07) is 8.02. The molecule has 28 heavy (non-hydrogen) atoms. The zero-order valence-corrected chi connectivity index (χ0v) is 17.5. The summed E-state index contributed by atoms with van der Waals surface area (Å²) in [5, 5.41) is 9.30. The van der Waals surface area contributed by atoms with Gasteiger partial charge in [0.05, 0.1) is 26.4 Å². The molecule has 0 atom stereocenters. The van der Waals surface area contributed by atoms with Crippen molar-refractivity contribution in [1.82, 2.24) is 4.90 Å². The van der Waals surface area contributed by atoms with E-state index in [1.807, 2.05) is 32.9 Å². The van der Waals surface area contributed by atoms with Gasteiger partial charge in [-0.15, -0.1) is 0 Å². The molecule has 0 aliphatic carbocycles. The van der Waals surface area contributed by atoms with Crippen molar-refractivity contribution in [2.75, 3.05) is 46.1 Å². The van der Waals surface area contributed by atoms with Crippen LogP contribution in [0.2, 0.25) is 0 Å². The molecule has 1 aromatic rings. The minimum Gasteiger partial charge on any atom is -0.491 e. The first kappa shape index (κ1) is 24.2. The van der Waals surface area contributed by atoms with E-state index in [1.54, 1.807) is 0 Å². The maximum Gasteiger partial charge on any atom is 0.407 e.